The number of anilines is 1. The Morgan fingerprint density at radius 1 is 1.06 bits per heavy atom. The number of aromatic nitrogens is 2. The number of nitrogens with zero attached hydrogens (tertiary/aromatic N) is 3. The summed E-state index contributed by atoms with van der Waals surface area (Å²) in [5, 5.41) is 15.1. The van der Waals surface area contributed by atoms with Crippen LogP contribution in [-0.4, -0.2) is 53.0 Å². The molecule has 1 saturated heterocycles. The summed E-state index contributed by atoms with van der Waals surface area (Å²) in [6.45, 7) is 9.03. The van der Waals surface area contributed by atoms with E-state index in [1.54, 1.807) is 12.0 Å². The monoisotopic (exact) mass is 488 g/mol. The van der Waals surface area contributed by atoms with E-state index >= 15 is 0 Å². The van der Waals surface area contributed by atoms with Crippen molar-refractivity contribution < 1.29 is 14.3 Å². The van der Waals surface area contributed by atoms with Crippen molar-refractivity contribution in [3.05, 3.63) is 47.5 Å². The van der Waals surface area contributed by atoms with Crippen LogP contribution in [0.4, 0.5) is 10.6 Å². The van der Waals surface area contributed by atoms with Gasteiger partial charge in [-0.3, -0.25) is 0 Å². The largest absolute Gasteiger partial charge is 0.496 e. The van der Waals surface area contributed by atoms with Gasteiger partial charge in [-0.2, -0.15) is 0 Å². The van der Waals surface area contributed by atoms with Crippen LogP contribution in [0, 0.1) is 6.92 Å². The molecule has 1 aromatic heterocycles. The van der Waals surface area contributed by atoms with Gasteiger partial charge in [-0.25, -0.2) is 4.79 Å². The van der Waals surface area contributed by atoms with Gasteiger partial charge < -0.3 is 19.7 Å². The van der Waals surface area contributed by atoms with Crippen LogP contribution in [0.25, 0.3) is 22.0 Å². The first-order valence-electron chi connectivity index (χ1n) is 12.9. The van der Waals surface area contributed by atoms with E-state index in [0.29, 0.717) is 19.0 Å². The van der Waals surface area contributed by atoms with Gasteiger partial charge in [0, 0.05) is 35.5 Å². The van der Waals surface area contributed by atoms with Crippen LogP contribution in [0.2, 0.25) is 0 Å². The third-order valence-corrected chi connectivity index (χ3v) is 6.88. The predicted octanol–water partition coefficient (Wildman–Crippen LogP) is 6.30. The van der Waals surface area contributed by atoms with E-state index in [2.05, 4.69) is 52.8 Å². The highest BCUT2D eigenvalue weighted by Gasteiger charge is 2.29. The maximum absolute atomic E-state index is 12.7. The molecule has 0 bridgehead atoms. The zero-order valence-corrected chi connectivity index (χ0v) is 21.9. The summed E-state index contributed by atoms with van der Waals surface area (Å²) in [6, 6.07) is 12.9. The van der Waals surface area contributed by atoms with Crippen molar-refractivity contribution in [2.75, 3.05) is 25.5 Å². The number of hydrogen-bond donors (Lipinski definition) is 1. The molecule has 5 rings (SSSR count). The summed E-state index contributed by atoms with van der Waals surface area (Å²) in [6.07, 6.45) is 4.08. The number of methoxy groups -OCH3 is 1. The number of carbonyl (C=O) groups is 1. The molecule has 2 aromatic carbocycles. The summed E-state index contributed by atoms with van der Waals surface area (Å²) < 4.78 is 11.3. The molecule has 1 N–H and O–H groups in total. The van der Waals surface area contributed by atoms with Crippen molar-refractivity contribution in [2.45, 2.75) is 70.9 Å². The Balaban J connectivity index is 1.48. The fourth-order valence-corrected chi connectivity index (χ4v) is 4.92. The number of fused-ring (bicyclic) bond motifs is 1. The average Bonchev–Trinajstić information content (AvgIpc) is 3.69. The molecule has 190 valence electrons. The van der Waals surface area contributed by atoms with Crippen molar-refractivity contribution >= 4 is 22.7 Å². The summed E-state index contributed by atoms with van der Waals surface area (Å²) in [7, 11) is 1.69. The molecule has 0 radical (unpaired) electrons. The molecule has 2 heterocycles. The van der Waals surface area contributed by atoms with E-state index in [0.717, 1.165) is 52.0 Å². The lowest BCUT2D eigenvalue weighted by Gasteiger charge is -2.34. The van der Waals surface area contributed by atoms with Crippen molar-refractivity contribution in [3.63, 3.8) is 0 Å². The summed E-state index contributed by atoms with van der Waals surface area (Å²) in [4.78, 5) is 14.5. The van der Waals surface area contributed by atoms with Crippen LogP contribution in [0.1, 0.15) is 63.5 Å². The minimum atomic E-state index is -0.509. The second-order valence-electron chi connectivity index (χ2n) is 11.1. The smallest absolute Gasteiger partial charge is 0.410 e. The molecule has 2 aliphatic rings. The first-order valence-corrected chi connectivity index (χ1v) is 12.9. The second kappa shape index (κ2) is 9.60. The Hall–Kier alpha value is -3.35. The Kier molecular flexibility index (Phi) is 6.49. The van der Waals surface area contributed by atoms with E-state index in [9.17, 15) is 4.79 Å². The van der Waals surface area contributed by atoms with Crippen LogP contribution in [-0.2, 0) is 4.74 Å². The van der Waals surface area contributed by atoms with Crippen LogP contribution < -0.4 is 10.1 Å². The highest BCUT2D eigenvalue weighted by atomic mass is 16.6. The maximum Gasteiger partial charge on any atom is 0.410 e. The quantitative estimate of drug-likeness (QED) is 0.454. The lowest BCUT2D eigenvalue weighted by Crippen LogP contribution is -2.47. The molecule has 36 heavy (non-hydrogen) atoms. The highest BCUT2D eigenvalue weighted by molar-refractivity contribution is 6.01. The molecule has 1 saturated carbocycles. The van der Waals surface area contributed by atoms with E-state index in [1.165, 1.54) is 18.4 Å². The fraction of sp³-hybridized carbons (Fsp3) is 0.483. The Bertz CT molecular complexity index is 1280. The molecule has 1 amide bonds. The van der Waals surface area contributed by atoms with Crippen LogP contribution >= 0.6 is 0 Å². The van der Waals surface area contributed by atoms with Gasteiger partial charge in [0.25, 0.3) is 0 Å². The molecule has 1 aliphatic heterocycles. The van der Waals surface area contributed by atoms with E-state index in [-0.39, 0.29) is 12.1 Å². The topological polar surface area (TPSA) is 76.6 Å². The molecule has 1 atom stereocenters. The predicted molar refractivity (Wildman–Crippen MR) is 143 cm³/mol. The second-order valence-corrected chi connectivity index (χ2v) is 11.1. The number of nitrogens with one attached hydrogen (secondary N) is 1. The maximum atomic E-state index is 12.7. The normalized spacial score (nSPS) is 18.2. The van der Waals surface area contributed by atoms with Crippen molar-refractivity contribution in [1.29, 1.82) is 0 Å². The van der Waals surface area contributed by atoms with Crippen LogP contribution in [0.15, 0.2) is 36.4 Å². The number of ether oxygens (including phenoxy) is 2. The van der Waals surface area contributed by atoms with E-state index in [4.69, 9.17) is 9.47 Å². The first kappa shape index (κ1) is 24.3. The summed E-state index contributed by atoms with van der Waals surface area (Å²) >= 11 is 0. The van der Waals surface area contributed by atoms with Gasteiger partial charge in [0.15, 0.2) is 5.82 Å². The van der Waals surface area contributed by atoms with Gasteiger partial charge in [-0.15, -0.1) is 10.2 Å². The number of piperidine rings is 1. The van der Waals surface area contributed by atoms with Gasteiger partial charge in [0.05, 0.1) is 7.11 Å². The van der Waals surface area contributed by atoms with Gasteiger partial charge in [-0.05, 0) is 88.6 Å². The van der Waals surface area contributed by atoms with Crippen LogP contribution in [0.5, 0.6) is 5.75 Å². The number of likely N-dealkylation sites (tertiary alicyclic amines) is 1. The van der Waals surface area contributed by atoms with Gasteiger partial charge in [0.2, 0.25) is 0 Å². The van der Waals surface area contributed by atoms with Crippen molar-refractivity contribution in [3.8, 4) is 17.0 Å². The lowest BCUT2D eigenvalue weighted by atomic mass is 9.99. The number of aryl methyl sites for hydroxylation is 1. The Morgan fingerprint density at radius 2 is 1.86 bits per heavy atom. The summed E-state index contributed by atoms with van der Waals surface area (Å²) in [5.74, 6) is 2.18. The SMILES string of the molecule is COc1cc(C)ccc1-c1nnc(N[C@@H]2CCCN(C(=O)OC(C)(C)C)C2)c2cc(C3CC3)ccc12. The average molecular weight is 489 g/mol. The molecule has 0 unspecified atom stereocenters. The zero-order chi connectivity index (χ0) is 25.4. The molecule has 2 fully saturated rings. The van der Waals surface area contributed by atoms with E-state index < -0.39 is 5.60 Å². The molecule has 7 heteroatoms. The Morgan fingerprint density at radius 3 is 2.58 bits per heavy atom. The highest BCUT2D eigenvalue weighted by Crippen LogP contribution is 2.43. The number of hydrogen-bond acceptors (Lipinski definition) is 6. The molecule has 7 nitrogen and oxygen atoms in total. The fourth-order valence-electron chi connectivity index (χ4n) is 4.92. The van der Waals surface area contributed by atoms with E-state index in [1.807, 2.05) is 26.8 Å². The minimum Gasteiger partial charge on any atom is -0.496 e. The number of carbonyl (C=O) groups excluding carboxylic acids is 1. The molecular weight excluding hydrogens is 452 g/mol. The Labute approximate surface area is 213 Å². The van der Waals surface area contributed by atoms with Gasteiger partial charge in [-0.1, -0.05) is 18.2 Å². The number of amides is 1. The van der Waals surface area contributed by atoms with Crippen molar-refractivity contribution in [1.82, 2.24) is 15.1 Å². The molecular formula is C29H36N4O3. The molecule has 3 aromatic rings. The van der Waals surface area contributed by atoms with Gasteiger partial charge >= 0.3 is 6.09 Å². The lowest BCUT2D eigenvalue weighted by molar-refractivity contribution is 0.0206. The van der Waals surface area contributed by atoms with Crippen molar-refractivity contribution in [2.24, 2.45) is 0 Å². The minimum absolute atomic E-state index is 0.0770. The number of benzene rings is 2. The first-order chi connectivity index (χ1) is 17.2. The third-order valence-electron chi connectivity index (χ3n) is 6.88. The standard InChI is InChI=1S/C29H36N4O3/c1-18-8-12-23(25(15-18)35-5)26-22-13-11-20(19-9-10-19)16-24(22)27(32-31-26)30-21-7-6-14-33(17-21)28(34)36-29(2,3)4/h8,11-13,15-16,19,21H,6-7,9-10,14,17H2,1-5H3,(H,30,32)/t21-/m1/s1. The molecule has 1 aliphatic carbocycles. The van der Waals surface area contributed by atoms with Crippen LogP contribution in [0.3, 0.4) is 0 Å². The molecule has 0 spiro atoms. The number of rotatable bonds is 5. The van der Waals surface area contributed by atoms with Gasteiger partial charge in [0.1, 0.15) is 17.0 Å². The summed E-state index contributed by atoms with van der Waals surface area (Å²) in [5.41, 5.74) is 3.72. The third kappa shape index (κ3) is 5.25. The zero-order valence-electron chi connectivity index (χ0n) is 21.9.